The van der Waals surface area contributed by atoms with Crippen LogP contribution in [0.3, 0.4) is 0 Å². The minimum absolute atomic E-state index is 0.0902. The van der Waals surface area contributed by atoms with Crippen LogP contribution in [0.5, 0.6) is 0 Å². The Bertz CT molecular complexity index is 936. The largest absolute Gasteiger partial charge is 0.446 e. The molecule has 0 saturated heterocycles. The van der Waals surface area contributed by atoms with Crippen LogP contribution in [0.2, 0.25) is 0 Å². The molecule has 1 aliphatic rings. The van der Waals surface area contributed by atoms with E-state index in [4.69, 9.17) is 14.6 Å². The summed E-state index contributed by atoms with van der Waals surface area (Å²) in [6.07, 6.45) is 2.22. The third-order valence-corrected chi connectivity index (χ3v) is 5.86. The van der Waals surface area contributed by atoms with Gasteiger partial charge in [-0.15, -0.1) is 0 Å². The Labute approximate surface area is 196 Å². The van der Waals surface area contributed by atoms with E-state index in [2.05, 4.69) is 10.6 Å². The van der Waals surface area contributed by atoms with Gasteiger partial charge in [-0.25, -0.2) is 14.3 Å². The summed E-state index contributed by atoms with van der Waals surface area (Å²) in [7, 11) is 0. The molecule has 0 aliphatic heterocycles. The van der Waals surface area contributed by atoms with E-state index in [9.17, 15) is 9.59 Å². The molecular weight excluding hydrogens is 420 g/mol. The molecule has 2 amide bonds. The highest BCUT2D eigenvalue weighted by Crippen LogP contribution is 2.37. The average Bonchev–Trinajstić information content (AvgIpc) is 3.39. The summed E-state index contributed by atoms with van der Waals surface area (Å²) >= 11 is 0. The average molecular weight is 457 g/mol. The van der Waals surface area contributed by atoms with E-state index in [0.717, 1.165) is 30.5 Å². The predicted octanol–water partition coefficient (Wildman–Crippen LogP) is 5.55. The van der Waals surface area contributed by atoms with Gasteiger partial charge < -0.3 is 14.8 Å². The topological polar surface area (TPSA) is 94.5 Å². The fourth-order valence-corrected chi connectivity index (χ4v) is 3.87. The van der Waals surface area contributed by atoms with E-state index >= 15 is 0 Å². The number of amides is 2. The number of anilines is 1. The number of hydrogen-bond donors (Lipinski definition) is 2. The minimum atomic E-state index is -0.523. The number of hydrogen-bond acceptors (Lipinski definition) is 5. The predicted molar refractivity (Wildman–Crippen MR) is 127 cm³/mol. The summed E-state index contributed by atoms with van der Waals surface area (Å²) in [5.41, 5.74) is 1.48. The van der Waals surface area contributed by atoms with Crippen LogP contribution < -0.4 is 10.6 Å². The summed E-state index contributed by atoms with van der Waals surface area (Å²) in [5.74, 6) is 0.755. The maximum absolute atomic E-state index is 12.4. The fraction of sp³-hybridized carbons (Fsp3) is 0.560. The number of nitrogens with zero attached hydrogens (tertiary/aromatic N) is 2. The number of benzene rings is 1. The Morgan fingerprint density at radius 3 is 2.58 bits per heavy atom. The lowest BCUT2D eigenvalue weighted by molar-refractivity contribution is 0.0974. The van der Waals surface area contributed by atoms with Crippen molar-refractivity contribution in [3.05, 3.63) is 47.7 Å². The van der Waals surface area contributed by atoms with Gasteiger partial charge in [0.2, 0.25) is 0 Å². The Kier molecular flexibility index (Phi) is 8.00. The molecule has 180 valence electrons. The molecule has 1 fully saturated rings. The highest BCUT2D eigenvalue weighted by molar-refractivity contribution is 5.83. The smallest absolute Gasteiger partial charge is 0.413 e. The number of rotatable bonds is 7. The Hall–Kier alpha value is -3.03. The van der Waals surface area contributed by atoms with Gasteiger partial charge in [-0.3, -0.25) is 5.32 Å². The minimum Gasteiger partial charge on any atom is -0.446 e. The van der Waals surface area contributed by atoms with E-state index < -0.39 is 6.09 Å². The first-order chi connectivity index (χ1) is 15.7. The second-order valence-electron chi connectivity index (χ2n) is 9.71. The number of nitrogens with one attached hydrogen (secondary N) is 2. The van der Waals surface area contributed by atoms with E-state index in [1.807, 2.05) is 75.7 Å². The lowest BCUT2D eigenvalue weighted by Gasteiger charge is -2.22. The first kappa shape index (κ1) is 24.6. The third-order valence-electron chi connectivity index (χ3n) is 5.86. The second kappa shape index (κ2) is 10.7. The highest BCUT2D eigenvalue weighted by Gasteiger charge is 2.32. The first-order valence-electron chi connectivity index (χ1n) is 11.7. The SMILES string of the molecule is CC[C@H](C)NC(=O)O[C@@H]1CC[C@H](c2cc(NC(=O)OCc3ccccc3)n(C(C)(C)C)n2)C1. The van der Waals surface area contributed by atoms with Gasteiger partial charge >= 0.3 is 12.2 Å². The van der Waals surface area contributed by atoms with Crippen molar-refractivity contribution in [1.82, 2.24) is 15.1 Å². The van der Waals surface area contributed by atoms with Crippen LogP contribution in [-0.2, 0) is 21.6 Å². The van der Waals surface area contributed by atoms with Gasteiger partial charge in [0, 0.05) is 18.0 Å². The molecule has 0 radical (unpaired) electrons. The Morgan fingerprint density at radius 2 is 1.91 bits per heavy atom. The first-order valence-corrected chi connectivity index (χ1v) is 11.7. The maximum Gasteiger partial charge on any atom is 0.413 e. The van der Waals surface area contributed by atoms with Crippen LogP contribution in [-0.4, -0.2) is 34.1 Å². The van der Waals surface area contributed by atoms with Gasteiger partial charge in [0.1, 0.15) is 18.5 Å². The van der Waals surface area contributed by atoms with Crippen molar-refractivity contribution in [3.8, 4) is 0 Å². The van der Waals surface area contributed by atoms with Gasteiger partial charge in [-0.1, -0.05) is 37.3 Å². The van der Waals surface area contributed by atoms with Crippen LogP contribution in [0.1, 0.15) is 77.5 Å². The monoisotopic (exact) mass is 456 g/mol. The molecule has 1 aliphatic carbocycles. The van der Waals surface area contributed by atoms with E-state index in [0.29, 0.717) is 12.2 Å². The molecule has 2 aromatic rings. The van der Waals surface area contributed by atoms with E-state index in [1.165, 1.54) is 0 Å². The van der Waals surface area contributed by atoms with Crippen LogP contribution in [0.15, 0.2) is 36.4 Å². The Morgan fingerprint density at radius 1 is 1.18 bits per heavy atom. The van der Waals surface area contributed by atoms with Gasteiger partial charge in [0.05, 0.1) is 11.2 Å². The van der Waals surface area contributed by atoms with Crippen molar-refractivity contribution in [2.75, 3.05) is 5.32 Å². The van der Waals surface area contributed by atoms with E-state index in [1.54, 1.807) is 0 Å². The summed E-state index contributed by atoms with van der Waals surface area (Å²) in [4.78, 5) is 24.5. The number of alkyl carbamates (subject to hydrolysis) is 1. The van der Waals surface area contributed by atoms with Gasteiger partial charge in [0.15, 0.2) is 0 Å². The van der Waals surface area contributed by atoms with Crippen molar-refractivity contribution in [1.29, 1.82) is 0 Å². The van der Waals surface area contributed by atoms with Gasteiger partial charge in [0.25, 0.3) is 0 Å². The zero-order valence-corrected chi connectivity index (χ0v) is 20.3. The molecular formula is C25H36N4O4. The fourth-order valence-electron chi connectivity index (χ4n) is 3.87. The van der Waals surface area contributed by atoms with Crippen LogP contribution in [0.25, 0.3) is 0 Å². The quantitative estimate of drug-likeness (QED) is 0.570. The molecule has 8 nitrogen and oxygen atoms in total. The molecule has 33 heavy (non-hydrogen) atoms. The number of carbonyl (C=O) groups is 2. The molecule has 0 spiro atoms. The highest BCUT2D eigenvalue weighted by atomic mass is 16.6. The van der Waals surface area contributed by atoms with Crippen molar-refractivity contribution in [2.45, 2.75) is 90.5 Å². The standard InChI is InChI=1S/C25H36N4O4/c1-6-17(2)26-24(31)33-20-13-12-19(14-20)21-15-22(29(28-21)25(3,4)5)27-23(30)32-16-18-10-8-7-9-11-18/h7-11,15,17,19-20H,6,12-14,16H2,1-5H3,(H,26,31)(H,27,30)/t17-,19-,20+/m0/s1. The van der Waals surface area contributed by atoms with Crippen LogP contribution in [0, 0.1) is 0 Å². The molecule has 1 heterocycles. The van der Waals surface area contributed by atoms with E-state index in [-0.39, 0.29) is 36.3 Å². The van der Waals surface area contributed by atoms with Crippen LogP contribution >= 0.6 is 0 Å². The molecule has 3 rings (SSSR count). The normalized spacial score (nSPS) is 19.1. The zero-order chi connectivity index (χ0) is 24.0. The van der Waals surface area contributed by atoms with Crippen molar-refractivity contribution in [2.24, 2.45) is 0 Å². The molecule has 8 heteroatoms. The Balaban J connectivity index is 1.63. The third kappa shape index (κ3) is 6.97. The molecule has 0 unspecified atom stereocenters. The summed E-state index contributed by atoms with van der Waals surface area (Å²) in [6, 6.07) is 11.5. The molecule has 0 bridgehead atoms. The van der Waals surface area contributed by atoms with Gasteiger partial charge in [-0.2, -0.15) is 5.10 Å². The van der Waals surface area contributed by atoms with Crippen molar-refractivity contribution in [3.63, 3.8) is 0 Å². The van der Waals surface area contributed by atoms with Crippen molar-refractivity contribution < 1.29 is 19.1 Å². The summed E-state index contributed by atoms with van der Waals surface area (Å²) in [6.45, 7) is 10.3. The summed E-state index contributed by atoms with van der Waals surface area (Å²) < 4.78 is 12.8. The van der Waals surface area contributed by atoms with Gasteiger partial charge in [-0.05, 0) is 58.9 Å². The molecule has 3 atom stereocenters. The molecule has 1 aromatic carbocycles. The molecule has 2 N–H and O–H groups in total. The second-order valence-corrected chi connectivity index (χ2v) is 9.71. The van der Waals surface area contributed by atoms with Crippen molar-refractivity contribution >= 4 is 18.0 Å². The number of carbonyl (C=O) groups excluding carboxylic acids is 2. The maximum atomic E-state index is 12.4. The summed E-state index contributed by atoms with van der Waals surface area (Å²) in [5, 5.41) is 10.5. The molecule has 1 saturated carbocycles. The number of ether oxygens (including phenoxy) is 2. The molecule has 1 aromatic heterocycles. The lowest BCUT2D eigenvalue weighted by atomic mass is 10.0. The number of aromatic nitrogens is 2. The zero-order valence-electron chi connectivity index (χ0n) is 20.3. The van der Waals surface area contributed by atoms with Crippen LogP contribution in [0.4, 0.5) is 15.4 Å². The lowest BCUT2D eigenvalue weighted by Crippen LogP contribution is -2.34.